The summed E-state index contributed by atoms with van der Waals surface area (Å²) >= 11 is 0. The summed E-state index contributed by atoms with van der Waals surface area (Å²) in [4.78, 5) is 45.0. The molecule has 0 saturated heterocycles. The van der Waals surface area contributed by atoms with Crippen molar-refractivity contribution in [2.24, 2.45) is 0 Å². The van der Waals surface area contributed by atoms with E-state index in [0.29, 0.717) is 52.4 Å². The largest absolute Gasteiger partial charge is 0.456 e. The van der Waals surface area contributed by atoms with Crippen LogP contribution in [0.4, 0.5) is 0 Å². The van der Waals surface area contributed by atoms with Crippen LogP contribution in [0.15, 0.2) is 448 Å². The average molecular weight is 1710 g/mol. The number of fused-ring (bicyclic) bond motifs is 25. The molecular formula is C121H71N9O4. The van der Waals surface area contributed by atoms with E-state index in [1.807, 2.05) is 188 Å². The van der Waals surface area contributed by atoms with Crippen LogP contribution < -0.4 is 0 Å². The Morgan fingerprint density at radius 3 is 0.963 bits per heavy atom. The van der Waals surface area contributed by atoms with Crippen molar-refractivity contribution in [2.45, 2.75) is 0 Å². The zero-order valence-corrected chi connectivity index (χ0v) is 71.6. The lowest BCUT2D eigenvalue weighted by Gasteiger charge is -2.13. The Hall–Kier alpha value is -18.3. The smallest absolute Gasteiger partial charge is 0.164 e. The zero-order valence-electron chi connectivity index (χ0n) is 71.6. The molecule has 0 N–H and O–H groups in total. The number of aromatic nitrogens is 9. The monoisotopic (exact) mass is 1710 g/mol. The highest BCUT2D eigenvalue weighted by molar-refractivity contribution is 6.31. The Balaban J connectivity index is 0.000000105. The van der Waals surface area contributed by atoms with Gasteiger partial charge in [-0.2, -0.15) is 0 Å². The van der Waals surface area contributed by atoms with E-state index in [1.165, 1.54) is 48.5 Å². The predicted molar refractivity (Wildman–Crippen MR) is 545 cm³/mol. The highest BCUT2D eigenvalue weighted by atomic mass is 16.3. The van der Waals surface area contributed by atoms with Gasteiger partial charge in [-0.15, -0.1) is 0 Å². The second-order valence-electron chi connectivity index (χ2n) is 33.7. The summed E-state index contributed by atoms with van der Waals surface area (Å²) in [6.07, 6.45) is 0. The highest BCUT2D eigenvalue weighted by Gasteiger charge is 2.25. The molecule has 0 aliphatic heterocycles. The molecule has 13 nitrogen and oxygen atoms in total. The minimum absolute atomic E-state index is 0.599. The van der Waals surface area contributed by atoms with E-state index < -0.39 is 0 Å². The predicted octanol–water partition coefficient (Wildman–Crippen LogP) is 32.0. The van der Waals surface area contributed by atoms with Crippen molar-refractivity contribution >= 4 is 163 Å². The molecule has 624 valence electrons. The van der Waals surface area contributed by atoms with Crippen molar-refractivity contribution in [3.63, 3.8) is 0 Å². The summed E-state index contributed by atoms with van der Waals surface area (Å²) in [7, 11) is 0. The molecule has 0 atom stereocenters. The zero-order chi connectivity index (χ0) is 88.3. The number of hydrogen-bond donors (Lipinski definition) is 0. The lowest BCUT2D eigenvalue weighted by Crippen LogP contribution is -2.00. The van der Waals surface area contributed by atoms with Crippen LogP contribution >= 0.6 is 0 Å². The highest BCUT2D eigenvalue weighted by Crippen LogP contribution is 2.47. The van der Waals surface area contributed by atoms with Crippen LogP contribution in [-0.4, -0.2) is 44.9 Å². The van der Waals surface area contributed by atoms with Gasteiger partial charge in [0.05, 0.1) is 0 Å². The first-order valence-corrected chi connectivity index (χ1v) is 44.7. The fraction of sp³-hybridized carbons (Fsp3) is 0. The molecule has 0 radical (unpaired) electrons. The Morgan fingerprint density at radius 1 is 0.119 bits per heavy atom. The minimum Gasteiger partial charge on any atom is -0.456 e. The van der Waals surface area contributed by atoms with Gasteiger partial charge in [-0.3, -0.25) is 0 Å². The van der Waals surface area contributed by atoms with E-state index in [1.54, 1.807) is 0 Å². The number of benzene rings is 21. The first-order valence-electron chi connectivity index (χ1n) is 44.7. The van der Waals surface area contributed by atoms with Crippen LogP contribution in [0, 0.1) is 0 Å². The third kappa shape index (κ3) is 13.4. The fourth-order valence-corrected chi connectivity index (χ4v) is 19.4. The number of para-hydroxylation sites is 3. The SMILES string of the molecule is c1ccc(-c2nc(-c3ccc4ccc5ccc6oc7ccccc7c6c5c4c3)nc(-c3cccc4oc5ccccc5c34)n2)cc1.c1ccc(-c2nc(-c3ccc4ccccc4c3)nc(-c3ccc4oc5ccc6ccc7ccccc7c6c5c4c3)n2)cc1.c1ccc(-c2nc(-c3ccccc3)nc(-c3cccc(-c4cc5oc6ccccc6c5c5c4ccc4ccccc45)c3)n2)cc1. The van der Waals surface area contributed by atoms with E-state index in [-0.39, 0.29) is 0 Å². The third-order valence-corrected chi connectivity index (χ3v) is 25.7. The summed E-state index contributed by atoms with van der Waals surface area (Å²) in [6, 6.07) is 148. The maximum atomic E-state index is 6.48. The standard InChI is InChI=1S/C41H23N3O2.C41H25N3O.C39H23N3O/c1-2-9-26(10-3-1)39-42-40(44-41(43-39)30-13-8-16-34-37(30)28-11-4-6-14-32(28)45-34)27-20-18-24-17-19-25-21-22-35-38(36(25)31(24)23-27)29-12-5-7-15-33(29)46-35;1-3-13-27(14-4-1)39-42-40(28-15-5-2-6-16-28)44-41(43-39)30-18-11-17-29(24-30)34-25-36-38(33-20-9-10-21-35(33)45-36)37-31-19-8-7-12-26(31)22-23-32(34)37;1-2-10-27(11-3-1)37-40-38(29-17-14-24-8-4-5-12-28(24)22-29)42-39(41-37)30-19-20-33-32(23-30)36-34(43-33)21-18-26-16-15-25-9-6-7-13-31(25)35(26)36/h1-23H;1-25H;1-23H. The molecule has 0 aliphatic rings. The lowest BCUT2D eigenvalue weighted by molar-refractivity contribution is 0.668. The van der Waals surface area contributed by atoms with Gasteiger partial charge >= 0.3 is 0 Å². The Kier molecular flexibility index (Phi) is 18.3. The average Bonchev–Trinajstić information content (AvgIpc) is 1.53. The summed E-state index contributed by atoms with van der Waals surface area (Å²) in [6.45, 7) is 0. The topological polar surface area (TPSA) is 169 Å². The van der Waals surface area contributed by atoms with Crippen LogP contribution in [0.25, 0.3) is 277 Å². The van der Waals surface area contributed by atoms with Crippen molar-refractivity contribution < 1.29 is 17.7 Å². The quantitative estimate of drug-likeness (QED) is 0.119. The first-order chi connectivity index (χ1) is 66.4. The van der Waals surface area contributed by atoms with Gasteiger partial charge in [-0.1, -0.05) is 352 Å². The van der Waals surface area contributed by atoms with Crippen LogP contribution in [0.3, 0.4) is 0 Å². The van der Waals surface area contributed by atoms with Gasteiger partial charge < -0.3 is 17.7 Å². The molecule has 21 aromatic carbocycles. The van der Waals surface area contributed by atoms with E-state index in [2.05, 4.69) is 243 Å². The fourth-order valence-electron chi connectivity index (χ4n) is 19.4. The third-order valence-electron chi connectivity index (χ3n) is 25.7. The van der Waals surface area contributed by atoms with Crippen LogP contribution in [-0.2, 0) is 0 Å². The number of nitrogens with zero attached hydrogens (tertiary/aromatic N) is 9. The van der Waals surface area contributed by atoms with Crippen molar-refractivity contribution in [1.29, 1.82) is 0 Å². The molecule has 0 bridgehead atoms. The van der Waals surface area contributed by atoms with Crippen molar-refractivity contribution in [3.8, 4) is 114 Å². The van der Waals surface area contributed by atoms with Crippen molar-refractivity contribution in [1.82, 2.24) is 44.9 Å². The van der Waals surface area contributed by atoms with Gasteiger partial charge in [0, 0.05) is 109 Å². The summed E-state index contributed by atoms with van der Waals surface area (Å²) in [5, 5.41) is 25.2. The summed E-state index contributed by atoms with van der Waals surface area (Å²) in [5.41, 5.74) is 17.4. The van der Waals surface area contributed by atoms with Crippen LogP contribution in [0.1, 0.15) is 0 Å². The van der Waals surface area contributed by atoms with E-state index in [0.717, 1.165) is 176 Å². The molecule has 0 aliphatic carbocycles. The molecule has 0 spiro atoms. The Morgan fingerprint density at radius 2 is 0.425 bits per heavy atom. The number of furan rings is 4. The molecule has 28 aromatic rings. The molecule has 0 fully saturated rings. The van der Waals surface area contributed by atoms with Crippen molar-refractivity contribution in [3.05, 3.63) is 431 Å². The van der Waals surface area contributed by atoms with Gasteiger partial charge in [0.2, 0.25) is 0 Å². The Bertz CT molecular complexity index is 9560. The minimum atomic E-state index is 0.599. The molecule has 134 heavy (non-hydrogen) atoms. The Labute approximate surface area is 765 Å². The van der Waals surface area contributed by atoms with E-state index >= 15 is 0 Å². The second kappa shape index (κ2) is 31.9. The van der Waals surface area contributed by atoms with Gasteiger partial charge in [-0.25, -0.2) is 44.9 Å². The maximum Gasteiger partial charge on any atom is 0.164 e. The molecule has 0 amide bonds. The van der Waals surface area contributed by atoms with Gasteiger partial charge in [0.15, 0.2) is 52.4 Å². The molecular weight excluding hydrogens is 1640 g/mol. The summed E-state index contributed by atoms with van der Waals surface area (Å²) < 4.78 is 25.3. The van der Waals surface area contributed by atoms with E-state index in [4.69, 9.17) is 62.5 Å². The molecule has 0 saturated carbocycles. The van der Waals surface area contributed by atoms with E-state index in [9.17, 15) is 0 Å². The number of rotatable bonds is 10. The van der Waals surface area contributed by atoms with Crippen molar-refractivity contribution in [2.75, 3.05) is 0 Å². The van der Waals surface area contributed by atoms with Crippen LogP contribution in [0.2, 0.25) is 0 Å². The molecule has 7 aromatic heterocycles. The summed E-state index contributed by atoms with van der Waals surface area (Å²) in [5.74, 6) is 5.65. The maximum absolute atomic E-state index is 6.48. The molecule has 7 heterocycles. The van der Waals surface area contributed by atoms with Gasteiger partial charge in [0.1, 0.15) is 44.7 Å². The van der Waals surface area contributed by atoms with Gasteiger partial charge in [0.25, 0.3) is 0 Å². The number of hydrogen-bond acceptors (Lipinski definition) is 13. The lowest BCUT2D eigenvalue weighted by atomic mass is 9.91. The first kappa shape index (κ1) is 76.9. The molecule has 28 rings (SSSR count). The molecule has 13 heteroatoms. The molecule has 0 unspecified atom stereocenters. The normalized spacial score (nSPS) is 11.7. The van der Waals surface area contributed by atoms with Crippen LogP contribution in [0.5, 0.6) is 0 Å². The second-order valence-corrected chi connectivity index (χ2v) is 33.7. The van der Waals surface area contributed by atoms with Gasteiger partial charge in [-0.05, 0) is 149 Å².